The van der Waals surface area contributed by atoms with Gasteiger partial charge < -0.3 is 10.4 Å². The van der Waals surface area contributed by atoms with Gasteiger partial charge in [-0.2, -0.15) is 0 Å². The molecule has 0 atom stereocenters. The number of carbonyl (C=O) groups is 1. The number of rotatable bonds is 6. The van der Waals surface area contributed by atoms with Crippen LogP contribution in [0.3, 0.4) is 0 Å². The molecule has 2 aromatic rings. The highest BCUT2D eigenvalue weighted by atomic mass is 19.1. The van der Waals surface area contributed by atoms with Crippen molar-refractivity contribution in [3.05, 3.63) is 30.0 Å². The normalized spacial score (nSPS) is 10.6. The molecule has 0 aliphatic rings. The Labute approximate surface area is 109 Å². The van der Waals surface area contributed by atoms with Crippen molar-refractivity contribution in [2.45, 2.75) is 12.8 Å². The molecule has 0 aliphatic carbocycles. The maximum Gasteiger partial charge on any atom is 0.336 e. The first-order valence-corrected chi connectivity index (χ1v) is 6.01. The summed E-state index contributed by atoms with van der Waals surface area (Å²) in [4.78, 5) is 19.3. The number of hydrogen-bond acceptors (Lipinski definition) is 4. The van der Waals surface area contributed by atoms with Crippen LogP contribution in [0, 0.1) is 0 Å². The van der Waals surface area contributed by atoms with E-state index in [9.17, 15) is 9.18 Å². The molecule has 1 heterocycles. The Morgan fingerprint density at radius 2 is 2.21 bits per heavy atom. The molecule has 1 aromatic carbocycles. The average molecular weight is 263 g/mol. The molecule has 0 saturated carbocycles. The van der Waals surface area contributed by atoms with Gasteiger partial charge in [0.25, 0.3) is 0 Å². The van der Waals surface area contributed by atoms with Crippen LogP contribution in [0.2, 0.25) is 0 Å². The second-order valence-corrected chi connectivity index (χ2v) is 4.06. The van der Waals surface area contributed by atoms with Crippen LogP contribution in [-0.4, -0.2) is 34.3 Å². The number of aromatic carboxylic acids is 1. The Kier molecular flexibility index (Phi) is 4.22. The van der Waals surface area contributed by atoms with Gasteiger partial charge in [-0.3, -0.25) is 4.39 Å². The first-order valence-electron chi connectivity index (χ1n) is 6.01. The van der Waals surface area contributed by atoms with E-state index in [-0.39, 0.29) is 12.2 Å². The number of fused-ring (bicyclic) bond motifs is 1. The Morgan fingerprint density at radius 3 is 2.95 bits per heavy atom. The number of aromatic nitrogens is 2. The van der Waals surface area contributed by atoms with Gasteiger partial charge >= 0.3 is 5.97 Å². The van der Waals surface area contributed by atoms with Crippen LogP contribution < -0.4 is 5.32 Å². The Hall–Kier alpha value is -2.24. The minimum absolute atomic E-state index is 0.182. The zero-order valence-corrected chi connectivity index (χ0v) is 10.3. The number of unbranched alkanes of at least 4 members (excludes halogenated alkanes) is 1. The molecule has 0 bridgehead atoms. The standard InChI is InChI=1S/C13H14FN3O2/c14-6-1-2-7-15-13-16-8-10-9(12(18)19)4-3-5-11(10)17-13/h3-5,8H,1-2,6-7H2,(H,18,19)(H,15,16,17). The number of hydrogen-bond donors (Lipinski definition) is 2. The van der Waals surface area contributed by atoms with E-state index >= 15 is 0 Å². The van der Waals surface area contributed by atoms with Crippen molar-refractivity contribution >= 4 is 22.8 Å². The molecular formula is C13H14FN3O2. The van der Waals surface area contributed by atoms with E-state index in [1.165, 1.54) is 12.3 Å². The van der Waals surface area contributed by atoms with Crippen molar-refractivity contribution in [2.24, 2.45) is 0 Å². The van der Waals surface area contributed by atoms with Crippen molar-refractivity contribution in [3.63, 3.8) is 0 Å². The number of carboxylic acids is 1. The zero-order valence-electron chi connectivity index (χ0n) is 10.3. The van der Waals surface area contributed by atoms with E-state index in [2.05, 4.69) is 15.3 Å². The summed E-state index contributed by atoms with van der Waals surface area (Å²) in [6.45, 7) is 0.260. The Balaban J connectivity index is 2.19. The molecule has 6 heteroatoms. The molecule has 100 valence electrons. The van der Waals surface area contributed by atoms with Gasteiger partial charge in [0.05, 0.1) is 17.8 Å². The van der Waals surface area contributed by atoms with Crippen molar-refractivity contribution < 1.29 is 14.3 Å². The summed E-state index contributed by atoms with van der Waals surface area (Å²) in [5.74, 6) is -0.577. The van der Waals surface area contributed by atoms with Crippen molar-refractivity contribution in [1.82, 2.24) is 9.97 Å². The molecule has 0 radical (unpaired) electrons. The monoisotopic (exact) mass is 263 g/mol. The number of nitrogens with zero attached hydrogens (tertiary/aromatic N) is 2. The van der Waals surface area contributed by atoms with Crippen LogP contribution in [0.1, 0.15) is 23.2 Å². The number of halogens is 1. The fourth-order valence-corrected chi connectivity index (χ4v) is 1.75. The van der Waals surface area contributed by atoms with E-state index < -0.39 is 5.97 Å². The second-order valence-electron chi connectivity index (χ2n) is 4.06. The Bertz CT molecular complexity index is 589. The summed E-state index contributed by atoms with van der Waals surface area (Å²) < 4.78 is 11.9. The van der Waals surface area contributed by atoms with E-state index in [0.717, 1.165) is 0 Å². The summed E-state index contributed by atoms with van der Waals surface area (Å²) in [5, 5.41) is 12.5. The molecule has 1 aromatic heterocycles. The van der Waals surface area contributed by atoms with Crippen LogP contribution in [0.5, 0.6) is 0 Å². The molecule has 0 aliphatic heterocycles. The van der Waals surface area contributed by atoms with E-state index in [4.69, 9.17) is 5.11 Å². The molecule has 0 unspecified atom stereocenters. The number of carboxylic acid groups (broad SMARTS) is 1. The average Bonchev–Trinajstić information content (AvgIpc) is 2.42. The van der Waals surface area contributed by atoms with E-state index in [0.29, 0.717) is 36.2 Å². The van der Waals surface area contributed by atoms with Crippen LogP contribution in [0.25, 0.3) is 10.9 Å². The van der Waals surface area contributed by atoms with Gasteiger partial charge in [0.2, 0.25) is 5.95 Å². The second kappa shape index (κ2) is 6.08. The van der Waals surface area contributed by atoms with Gasteiger partial charge in [0.15, 0.2) is 0 Å². The quantitative estimate of drug-likeness (QED) is 0.783. The lowest BCUT2D eigenvalue weighted by atomic mass is 10.1. The third kappa shape index (κ3) is 3.15. The van der Waals surface area contributed by atoms with Crippen LogP contribution in [0.4, 0.5) is 10.3 Å². The smallest absolute Gasteiger partial charge is 0.336 e. The fraction of sp³-hybridized carbons (Fsp3) is 0.308. The number of nitrogens with one attached hydrogen (secondary N) is 1. The molecule has 0 saturated heterocycles. The van der Waals surface area contributed by atoms with Crippen molar-refractivity contribution in [1.29, 1.82) is 0 Å². The van der Waals surface area contributed by atoms with Crippen molar-refractivity contribution in [3.8, 4) is 0 Å². The van der Waals surface area contributed by atoms with E-state index in [1.807, 2.05) is 0 Å². The molecule has 19 heavy (non-hydrogen) atoms. The number of benzene rings is 1. The van der Waals surface area contributed by atoms with Crippen LogP contribution >= 0.6 is 0 Å². The van der Waals surface area contributed by atoms with Gasteiger partial charge in [-0.1, -0.05) is 6.07 Å². The van der Waals surface area contributed by atoms with Gasteiger partial charge in [-0.25, -0.2) is 14.8 Å². The Morgan fingerprint density at radius 1 is 1.37 bits per heavy atom. The number of alkyl halides is 1. The van der Waals surface area contributed by atoms with Gasteiger partial charge in [0, 0.05) is 18.1 Å². The first-order chi connectivity index (χ1) is 9.22. The van der Waals surface area contributed by atoms with Gasteiger partial charge in [-0.15, -0.1) is 0 Å². The van der Waals surface area contributed by atoms with Crippen molar-refractivity contribution in [2.75, 3.05) is 18.5 Å². The summed E-state index contributed by atoms with van der Waals surface area (Å²) >= 11 is 0. The molecular weight excluding hydrogens is 249 g/mol. The lowest BCUT2D eigenvalue weighted by molar-refractivity contribution is 0.0699. The predicted molar refractivity (Wildman–Crippen MR) is 70.2 cm³/mol. The SMILES string of the molecule is O=C(O)c1cccc2nc(NCCCCF)ncc12. The van der Waals surface area contributed by atoms with Crippen LogP contribution in [-0.2, 0) is 0 Å². The summed E-state index contributed by atoms with van der Waals surface area (Å²) in [7, 11) is 0. The van der Waals surface area contributed by atoms with E-state index in [1.54, 1.807) is 12.1 Å². The highest BCUT2D eigenvalue weighted by Gasteiger charge is 2.09. The van der Waals surface area contributed by atoms with Gasteiger partial charge in [-0.05, 0) is 25.0 Å². The maximum absolute atomic E-state index is 11.9. The van der Waals surface area contributed by atoms with Gasteiger partial charge in [0.1, 0.15) is 0 Å². The summed E-state index contributed by atoms with van der Waals surface area (Å²) in [6.07, 6.45) is 2.69. The van der Waals surface area contributed by atoms with Crippen LogP contribution in [0.15, 0.2) is 24.4 Å². The first kappa shape index (κ1) is 13.2. The third-order valence-corrected chi connectivity index (χ3v) is 2.70. The molecule has 5 nitrogen and oxygen atoms in total. The minimum atomic E-state index is -1.00. The minimum Gasteiger partial charge on any atom is -0.478 e. The summed E-state index contributed by atoms with van der Waals surface area (Å²) in [6, 6.07) is 4.89. The largest absolute Gasteiger partial charge is 0.478 e. The highest BCUT2D eigenvalue weighted by molar-refractivity contribution is 6.02. The molecule has 0 amide bonds. The zero-order chi connectivity index (χ0) is 13.7. The molecule has 0 fully saturated rings. The lowest BCUT2D eigenvalue weighted by Crippen LogP contribution is -2.06. The lowest BCUT2D eigenvalue weighted by Gasteiger charge is -2.06. The predicted octanol–water partition coefficient (Wildman–Crippen LogP) is 2.49. The topological polar surface area (TPSA) is 75.1 Å². The highest BCUT2D eigenvalue weighted by Crippen LogP contribution is 2.17. The third-order valence-electron chi connectivity index (χ3n) is 2.70. The molecule has 2 rings (SSSR count). The maximum atomic E-state index is 11.9. The number of anilines is 1. The fourth-order valence-electron chi connectivity index (χ4n) is 1.75. The summed E-state index contributed by atoms with van der Waals surface area (Å²) in [5.41, 5.74) is 0.754. The molecule has 0 spiro atoms. The molecule has 2 N–H and O–H groups in total.